The molecular formula is C13H14N6O2. The highest BCUT2D eigenvalue weighted by atomic mass is 16.2. The third-order valence-corrected chi connectivity index (χ3v) is 2.56. The van der Waals surface area contributed by atoms with E-state index in [1.807, 2.05) is 0 Å². The topological polar surface area (TPSA) is 137 Å². The van der Waals surface area contributed by atoms with Crippen LogP contribution in [0, 0.1) is 0 Å². The first-order valence-corrected chi connectivity index (χ1v) is 6.19. The fourth-order valence-electron chi connectivity index (χ4n) is 1.57. The highest BCUT2D eigenvalue weighted by Crippen LogP contribution is 2.14. The number of rotatable bonds is 5. The number of amides is 2. The van der Waals surface area contributed by atoms with Gasteiger partial charge in [0.05, 0.1) is 11.9 Å². The molecule has 8 heteroatoms. The zero-order valence-electron chi connectivity index (χ0n) is 11.1. The minimum absolute atomic E-state index is 0.113. The first-order valence-electron chi connectivity index (χ1n) is 6.19. The average molecular weight is 286 g/mol. The molecule has 0 radical (unpaired) electrons. The molecule has 2 aromatic rings. The number of carbonyl (C=O) groups excluding carboxylic acids is 2. The number of nitrogens with two attached hydrogens (primary N) is 2. The Kier molecular flexibility index (Phi) is 4.52. The number of carbonyl (C=O) groups is 2. The van der Waals surface area contributed by atoms with Crippen molar-refractivity contribution in [2.24, 2.45) is 11.5 Å². The maximum Gasteiger partial charge on any atom is 0.267 e. The summed E-state index contributed by atoms with van der Waals surface area (Å²) >= 11 is 0. The van der Waals surface area contributed by atoms with Crippen molar-refractivity contribution in [2.45, 2.75) is 6.42 Å². The summed E-state index contributed by atoms with van der Waals surface area (Å²) < 4.78 is 0. The van der Waals surface area contributed by atoms with Crippen LogP contribution in [0.3, 0.4) is 0 Å². The second kappa shape index (κ2) is 6.53. The van der Waals surface area contributed by atoms with E-state index in [1.54, 1.807) is 12.1 Å². The van der Waals surface area contributed by atoms with E-state index in [4.69, 9.17) is 11.5 Å². The van der Waals surface area contributed by atoms with Crippen LogP contribution in [0.25, 0.3) is 11.5 Å². The minimum atomic E-state index is -0.635. The Labute approximate surface area is 120 Å². The minimum Gasteiger partial charge on any atom is -0.364 e. The maximum atomic E-state index is 11.4. The number of pyridine rings is 1. The molecule has 0 aliphatic rings. The predicted octanol–water partition coefficient (Wildman–Crippen LogP) is -0.0752. The van der Waals surface area contributed by atoms with Crippen LogP contribution >= 0.6 is 0 Å². The molecule has 0 aliphatic carbocycles. The number of nitrogens with zero attached hydrogens (tertiary/aromatic N) is 3. The van der Waals surface area contributed by atoms with E-state index in [1.165, 1.54) is 18.5 Å². The molecule has 108 valence electrons. The van der Waals surface area contributed by atoms with Crippen molar-refractivity contribution in [3.63, 3.8) is 0 Å². The van der Waals surface area contributed by atoms with Gasteiger partial charge in [0.15, 0.2) is 5.82 Å². The van der Waals surface area contributed by atoms with Gasteiger partial charge in [-0.3, -0.25) is 14.6 Å². The molecule has 8 nitrogen and oxygen atoms in total. The second-order valence-corrected chi connectivity index (χ2v) is 4.15. The smallest absolute Gasteiger partial charge is 0.267 e. The standard InChI is InChI=1S/C13H14N6O2/c14-5-3-11(20)18-8-1-2-10(17-7-8)13-16-6-4-9(19-13)12(15)21/h1-2,4,6-7H,3,5,14H2,(H2,15,21)(H,18,20). The fourth-order valence-corrected chi connectivity index (χ4v) is 1.57. The van der Waals surface area contributed by atoms with Crippen LogP contribution < -0.4 is 16.8 Å². The number of primary amides is 1. The lowest BCUT2D eigenvalue weighted by atomic mass is 10.3. The summed E-state index contributed by atoms with van der Waals surface area (Å²) in [5, 5.41) is 2.65. The normalized spacial score (nSPS) is 10.1. The summed E-state index contributed by atoms with van der Waals surface area (Å²) in [6, 6.07) is 4.72. The van der Waals surface area contributed by atoms with Crippen LogP contribution in [0.1, 0.15) is 16.9 Å². The van der Waals surface area contributed by atoms with Gasteiger partial charge in [-0.2, -0.15) is 0 Å². The van der Waals surface area contributed by atoms with Gasteiger partial charge in [0.1, 0.15) is 11.4 Å². The van der Waals surface area contributed by atoms with Gasteiger partial charge < -0.3 is 16.8 Å². The van der Waals surface area contributed by atoms with Crippen LogP contribution in [0.4, 0.5) is 5.69 Å². The molecule has 2 aromatic heterocycles. The van der Waals surface area contributed by atoms with Crippen molar-refractivity contribution in [2.75, 3.05) is 11.9 Å². The van der Waals surface area contributed by atoms with E-state index in [-0.39, 0.29) is 30.4 Å². The van der Waals surface area contributed by atoms with Crippen LogP contribution in [0.15, 0.2) is 30.6 Å². The van der Waals surface area contributed by atoms with Gasteiger partial charge in [-0.15, -0.1) is 0 Å². The van der Waals surface area contributed by atoms with Crippen molar-refractivity contribution in [3.8, 4) is 11.5 Å². The van der Waals surface area contributed by atoms with Crippen LogP contribution in [-0.2, 0) is 4.79 Å². The molecule has 0 fully saturated rings. The summed E-state index contributed by atoms with van der Waals surface area (Å²) in [5.41, 5.74) is 11.6. The summed E-state index contributed by atoms with van der Waals surface area (Å²) in [6.45, 7) is 0.283. The van der Waals surface area contributed by atoms with E-state index in [2.05, 4.69) is 20.3 Å². The van der Waals surface area contributed by atoms with E-state index >= 15 is 0 Å². The predicted molar refractivity (Wildman–Crippen MR) is 76.1 cm³/mol. The van der Waals surface area contributed by atoms with E-state index in [0.29, 0.717) is 11.4 Å². The van der Waals surface area contributed by atoms with Crippen molar-refractivity contribution in [1.82, 2.24) is 15.0 Å². The highest BCUT2D eigenvalue weighted by Gasteiger charge is 2.08. The molecule has 0 saturated heterocycles. The first-order chi connectivity index (χ1) is 10.1. The Hall–Kier alpha value is -2.87. The Morgan fingerprint density at radius 1 is 1.19 bits per heavy atom. The zero-order chi connectivity index (χ0) is 15.2. The lowest BCUT2D eigenvalue weighted by molar-refractivity contribution is -0.116. The third kappa shape index (κ3) is 3.80. The largest absolute Gasteiger partial charge is 0.364 e. The molecular weight excluding hydrogens is 272 g/mol. The molecule has 2 amide bonds. The average Bonchev–Trinajstić information content (AvgIpc) is 2.48. The highest BCUT2D eigenvalue weighted by molar-refractivity contribution is 5.91. The monoisotopic (exact) mass is 286 g/mol. The van der Waals surface area contributed by atoms with Gasteiger partial charge in [-0.25, -0.2) is 9.97 Å². The zero-order valence-corrected chi connectivity index (χ0v) is 11.1. The van der Waals surface area contributed by atoms with Crippen molar-refractivity contribution in [1.29, 1.82) is 0 Å². The SMILES string of the molecule is NCCC(=O)Nc1ccc(-c2nccc(C(N)=O)n2)nc1. The second-order valence-electron chi connectivity index (χ2n) is 4.15. The van der Waals surface area contributed by atoms with Crippen LogP contribution in [-0.4, -0.2) is 33.3 Å². The molecule has 0 aliphatic heterocycles. The lowest BCUT2D eigenvalue weighted by Crippen LogP contribution is -2.16. The maximum absolute atomic E-state index is 11.4. The van der Waals surface area contributed by atoms with Crippen molar-refractivity contribution < 1.29 is 9.59 Å². The number of nitrogens with one attached hydrogen (secondary N) is 1. The molecule has 2 rings (SSSR count). The summed E-state index contributed by atoms with van der Waals surface area (Å²) in [6.07, 6.45) is 3.15. The quantitative estimate of drug-likeness (QED) is 0.703. The van der Waals surface area contributed by atoms with Crippen LogP contribution in [0.5, 0.6) is 0 Å². The summed E-state index contributed by atoms with van der Waals surface area (Å²) in [7, 11) is 0. The van der Waals surface area contributed by atoms with E-state index < -0.39 is 5.91 Å². The van der Waals surface area contributed by atoms with E-state index in [0.717, 1.165) is 0 Å². The molecule has 5 N–H and O–H groups in total. The van der Waals surface area contributed by atoms with Gasteiger partial charge in [-0.05, 0) is 18.2 Å². The van der Waals surface area contributed by atoms with Gasteiger partial charge in [0.25, 0.3) is 5.91 Å². The summed E-state index contributed by atoms with van der Waals surface area (Å²) in [4.78, 5) is 34.6. The Balaban J connectivity index is 2.17. The van der Waals surface area contributed by atoms with Gasteiger partial charge in [0.2, 0.25) is 5.91 Å². The van der Waals surface area contributed by atoms with Crippen molar-refractivity contribution >= 4 is 17.5 Å². The third-order valence-electron chi connectivity index (χ3n) is 2.56. The molecule has 0 saturated carbocycles. The molecule has 0 bridgehead atoms. The molecule has 21 heavy (non-hydrogen) atoms. The Bertz CT molecular complexity index is 656. The molecule has 2 heterocycles. The Morgan fingerprint density at radius 3 is 2.62 bits per heavy atom. The number of hydrogen-bond donors (Lipinski definition) is 3. The number of anilines is 1. The van der Waals surface area contributed by atoms with Gasteiger partial charge >= 0.3 is 0 Å². The van der Waals surface area contributed by atoms with Gasteiger partial charge in [-0.1, -0.05) is 0 Å². The fraction of sp³-hybridized carbons (Fsp3) is 0.154. The van der Waals surface area contributed by atoms with Crippen LogP contribution in [0.2, 0.25) is 0 Å². The van der Waals surface area contributed by atoms with Gasteiger partial charge in [0, 0.05) is 19.2 Å². The number of hydrogen-bond acceptors (Lipinski definition) is 6. The molecule has 0 aromatic carbocycles. The lowest BCUT2D eigenvalue weighted by Gasteiger charge is -2.05. The van der Waals surface area contributed by atoms with E-state index in [9.17, 15) is 9.59 Å². The first kappa shape index (κ1) is 14.5. The summed E-state index contributed by atoms with van der Waals surface area (Å²) in [5.74, 6) is -0.533. The van der Waals surface area contributed by atoms with Crippen molar-refractivity contribution in [3.05, 3.63) is 36.3 Å². The molecule has 0 atom stereocenters. The Morgan fingerprint density at radius 2 is 2.00 bits per heavy atom. The molecule has 0 unspecified atom stereocenters. The molecule has 0 spiro atoms. The number of aromatic nitrogens is 3.